The van der Waals surface area contributed by atoms with Crippen LogP contribution in [0, 0.1) is 13.8 Å². The normalized spacial score (nSPS) is 10.5. The maximum atomic E-state index is 11.9. The summed E-state index contributed by atoms with van der Waals surface area (Å²) in [5.41, 5.74) is 4.31. The number of carbonyl (C=O) groups is 1. The van der Waals surface area contributed by atoms with E-state index in [1.807, 2.05) is 50.2 Å². The lowest BCUT2D eigenvalue weighted by atomic mass is 10.1. The first kappa shape index (κ1) is 16.5. The third-order valence-electron chi connectivity index (χ3n) is 3.43. The van der Waals surface area contributed by atoms with Gasteiger partial charge in [-0.15, -0.1) is 0 Å². The third kappa shape index (κ3) is 5.17. The highest BCUT2D eigenvalue weighted by Gasteiger charge is 2.04. The number of hydrogen-bond donors (Lipinski definition) is 2. The summed E-state index contributed by atoms with van der Waals surface area (Å²) in [6.07, 6.45) is 0.445. The number of benzene rings is 2. The maximum Gasteiger partial charge on any atom is 0.225 e. The average molecular weight is 317 g/mol. The molecule has 0 aliphatic carbocycles. The Hall–Kier alpha value is -1.84. The fraction of sp³-hybridized carbons (Fsp3) is 0.278. The fourth-order valence-electron chi connectivity index (χ4n) is 2.20. The molecule has 2 aromatic carbocycles. The Bertz CT molecular complexity index is 638. The van der Waals surface area contributed by atoms with Gasteiger partial charge >= 0.3 is 0 Å². The SMILES string of the molecule is Cc1ccc(NC(=O)CCNCc2ccc(Cl)cc2)c(C)c1. The summed E-state index contributed by atoms with van der Waals surface area (Å²) in [6.45, 7) is 5.41. The zero-order chi connectivity index (χ0) is 15.9. The van der Waals surface area contributed by atoms with Gasteiger partial charge in [-0.3, -0.25) is 4.79 Å². The minimum absolute atomic E-state index is 0.0237. The molecule has 0 bridgehead atoms. The van der Waals surface area contributed by atoms with E-state index in [0.717, 1.165) is 28.4 Å². The molecule has 0 spiro atoms. The third-order valence-corrected chi connectivity index (χ3v) is 3.68. The quantitative estimate of drug-likeness (QED) is 0.789. The molecule has 0 unspecified atom stereocenters. The van der Waals surface area contributed by atoms with Crippen LogP contribution in [0.3, 0.4) is 0 Å². The Morgan fingerprint density at radius 2 is 1.82 bits per heavy atom. The Morgan fingerprint density at radius 1 is 1.09 bits per heavy atom. The molecule has 4 heteroatoms. The minimum atomic E-state index is 0.0237. The van der Waals surface area contributed by atoms with E-state index in [2.05, 4.69) is 16.7 Å². The summed E-state index contributed by atoms with van der Waals surface area (Å²) < 4.78 is 0. The van der Waals surface area contributed by atoms with Crippen molar-refractivity contribution in [3.63, 3.8) is 0 Å². The standard InChI is InChI=1S/C18H21ClN2O/c1-13-3-8-17(14(2)11-13)21-18(22)9-10-20-12-15-4-6-16(19)7-5-15/h3-8,11,20H,9-10,12H2,1-2H3,(H,21,22). The number of nitrogens with one attached hydrogen (secondary N) is 2. The number of anilines is 1. The monoisotopic (exact) mass is 316 g/mol. The predicted molar refractivity (Wildman–Crippen MR) is 92.3 cm³/mol. The highest BCUT2D eigenvalue weighted by atomic mass is 35.5. The summed E-state index contributed by atoms with van der Waals surface area (Å²) in [4.78, 5) is 11.9. The molecule has 0 atom stereocenters. The van der Waals surface area contributed by atoms with Crippen LogP contribution >= 0.6 is 11.6 Å². The van der Waals surface area contributed by atoms with Crippen molar-refractivity contribution in [3.8, 4) is 0 Å². The van der Waals surface area contributed by atoms with Crippen LogP contribution in [0.2, 0.25) is 5.02 Å². The predicted octanol–water partition coefficient (Wildman–Crippen LogP) is 4.08. The molecule has 1 amide bonds. The summed E-state index contributed by atoms with van der Waals surface area (Å²) in [5, 5.41) is 6.94. The van der Waals surface area contributed by atoms with Crippen molar-refractivity contribution in [3.05, 3.63) is 64.2 Å². The molecule has 0 aliphatic rings. The molecule has 0 fully saturated rings. The molecule has 2 rings (SSSR count). The molecule has 0 saturated heterocycles. The zero-order valence-corrected chi connectivity index (χ0v) is 13.7. The van der Waals surface area contributed by atoms with Gasteiger partial charge in [0.2, 0.25) is 5.91 Å². The molecular formula is C18H21ClN2O. The van der Waals surface area contributed by atoms with Gasteiger partial charge in [0.25, 0.3) is 0 Å². The van der Waals surface area contributed by atoms with Crippen LogP contribution < -0.4 is 10.6 Å². The van der Waals surface area contributed by atoms with Gasteiger partial charge in [-0.1, -0.05) is 41.4 Å². The summed E-state index contributed by atoms with van der Waals surface area (Å²) >= 11 is 5.84. The molecule has 0 aliphatic heterocycles. The number of hydrogen-bond acceptors (Lipinski definition) is 2. The van der Waals surface area contributed by atoms with E-state index >= 15 is 0 Å². The second-order valence-corrected chi connectivity index (χ2v) is 5.86. The van der Waals surface area contributed by atoms with Crippen molar-refractivity contribution < 1.29 is 4.79 Å². The highest BCUT2D eigenvalue weighted by molar-refractivity contribution is 6.30. The molecule has 0 radical (unpaired) electrons. The van der Waals surface area contributed by atoms with Crippen LogP contribution in [0.4, 0.5) is 5.69 Å². The van der Waals surface area contributed by atoms with Gasteiger partial charge < -0.3 is 10.6 Å². The Balaban J connectivity index is 1.72. The number of halogens is 1. The van der Waals surface area contributed by atoms with E-state index in [-0.39, 0.29) is 5.91 Å². The summed E-state index contributed by atoms with van der Waals surface area (Å²) in [6, 6.07) is 13.7. The smallest absolute Gasteiger partial charge is 0.225 e. The lowest BCUT2D eigenvalue weighted by molar-refractivity contribution is -0.116. The number of aryl methyl sites for hydroxylation is 2. The Morgan fingerprint density at radius 3 is 2.50 bits per heavy atom. The van der Waals surface area contributed by atoms with Crippen molar-refractivity contribution in [2.75, 3.05) is 11.9 Å². The summed E-state index contributed by atoms with van der Waals surface area (Å²) in [5.74, 6) is 0.0237. The van der Waals surface area contributed by atoms with E-state index in [4.69, 9.17) is 11.6 Å². The molecule has 2 aromatic rings. The molecule has 22 heavy (non-hydrogen) atoms. The lowest BCUT2D eigenvalue weighted by Crippen LogP contribution is -2.21. The second kappa shape index (κ2) is 7.97. The fourth-order valence-corrected chi connectivity index (χ4v) is 2.33. The first-order valence-corrected chi connectivity index (χ1v) is 7.74. The first-order valence-electron chi connectivity index (χ1n) is 7.37. The van der Waals surface area contributed by atoms with Crippen molar-refractivity contribution >= 4 is 23.2 Å². The molecular weight excluding hydrogens is 296 g/mol. The minimum Gasteiger partial charge on any atom is -0.326 e. The Labute approximate surface area is 136 Å². The Kier molecular flexibility index (Phi) is 5.99. The van der Waals surface area contributed by atoms with Crippen molar-refractivity contribution in [2.24, 2.45) is 0 Å². The van der Waals surface area contributed by atoms with Crippen molar-refractivity contribution in [2.45, 2.75) is 26.8 Å². The van der Waals surface area contributed by atoms with E-state index in [9.17, 15) is 4.79 Å². The van der Waals surface area contributed by atoms with Gasteiger partial charge in [-0.05, 0) is 43.2 Å². The van der Waals surface area contributed by atoms with Crippen molar-refractivity contribution in [1.29, 1.82) is 0 Å². The van der Waals surface area contributed by atoms with Gasteiger partial charge in [0.15, 0.2) is 0 Å². The van der Waals surface area contributed by atoms with E-state index in [0.29, 0.717) is 13.0 Å². The van der Waals surface area contributed by atoms with Crippen LogP contribution in [-0.4, -0.2) is 12.5 Å². The van der Waals surface area contributed by atoms with Gasteiger partial charge in [0, 0.05) is 30.2 Å². The van der Waals surface area contributed by atoms with Crippen molar-refractivity contribution in [1.82, 2.24) is 5.32 Å². The molecule has 3 nitrogen and oxygen atoms in total. The number of amides is 1. The average Bonchev–Trinajstić information content (AvgIpc) is 2.48. The van der Waals surface area contributed by atoms with E-state index in [1.165, 1.54) is 5.56 Å². The highest BCUT2D eigenvalue weighted by Crippen LogP contribution is 2.16. The number of rotatable bonds is 6. The first-order chi connectivity index (χ1) is 10.5. The topological polar surface area (TPSA) is 41.1 Å². The maximum absolute atomic E-state index is 11.9. The lowest BCUT2D eigenvalue weighted by Gasteiger charge is -2.09. The van der Waals surface area contributed by atoms with E-state index < -0.39 is 0 Å². The van der Waals surface area contributed by atoms with Crippen LogP contribution in [0.15, 0.2) is 42.5 Å². The van der Waals surface area contributed by atoms with Crippen LogP contribution in [-0.2, 0) is 11.3 Å². The van der Waals surface area contributed by atoms with Gasteiger partial charge in [-0.25, -0.2) is 0 Å². The zero-order valence-electron chi connectivity index (χ0n) is 12.9. The van der Waals surface area contributed by atoms with E-state index in [1.54, 1.807) is 0 Å². The molecule has 0 heterocycles. The van der Waals surface area contributed by atoms with Crippen LogP contribution in [0.5, 0.6) is 0 Å². The molecule has 116 valence electrons. The molecule has 0 aromatic heterocycles. The number of carbonyl (C=O) groups excluding carboxylic acids is 1. The van der Waals surface area contributed by atoms with Crippen LogP contribution in [0.25, 0.3) is 0 Å². The van der Waals surface area contributed by atoms with Gasteiger partial charge in [-0.2, -0.15) is 0 Å². The van der Waals surface area contributed by atoms with Gasteiger partial charge in [0.05, 0.1) is 0 Å². The van der Waals surface area contributed by atoms with Gasteiger partial charge in [0.1, 0.15) is 0 Å². The second-order valence-electron chi connectivity index (χ2n) is 5.42. The molecule has 0 saturated carbocycles. The summed E-state index contributed by atoms with van der Waals surface area (Å²) in [7, 11) is 0. The largest absolute Gasteiger partial charge is 0.326 e. The van der Waals surface area contributed by atoms with Crippen LogP contribution in [0.1, 0.15) is 23.1 Å². The molecule has 2 N–H and O–H groups in total.